The normalized spacial score (nSPS) is 16.6. The lowest BCUT2D eigenvalue weighted by Crippen LogP contribution is -2.33. The van der Waals surface area contributed by atoms with E-state index in [4.69, 9.17) is 11.6 Å². The number of benzene rings is 1. The number of carbonyl (C=O) groups excluding carboxylic acids is 1. The van der Waals surface area contributed by atoms with Gasteiger partial charge in [0.15, 0.2) is 0 Å². The molecule has 0 bridgehead atoms. The highest BCUT2D eigenvalue weighted by atomic mass is 35.5. The Kier molecular flexibility index (Phi) is 3.69. The molecule has 17 heavy (non-hydrogen) atoms. The maximum absolute atomic E-state index is 11.8. The van der Waals surface area contributed by atoms with Crippen molar-refractivity contribution in [3.63, 3.8) is 0 Å². The molecule has 2 N–H and O–H groups in total. The lowest BCUT2D eigenvalue weighted by Gasteiger charge is -2.11. The fraction of sp³-hybridized carbons (Fsp3) is 0.462. The summed E-state index contributed by atoms with van der Waals surface area (Å²) in [6.45, 7) is 2.20. The fourth-order valence-corrected chi connectivity index (χ4v) is 1.86. The Hall–Kier alpha value is -1.06. The monoisotopic (exact) mass is 253 g/mol. The van der Waals surface area contributed by atoms with Gasteiger partial charge in [0.05, 0.1) is 6.10 Å². The van der Waals surface area contributed by atoms with Crippen LogP contribution < -0.4 is 5.32 Å². The Morgan fingerprint density at radius 2 is 2.29 bits per heavy atom. The second-order valence-electron chi connectivity index (χ2n) is 4.58. The van der Waals surface area contributed by atoms with Crippen molar-refractivity contribution in [3.05, 3.63) is 34.3 Å². The van der Waals surface area contributed by atoms with Gasteiger partial charge < -0.3 is 10.4 Å². The molecule has 92 valence electrons. The first-order chi connectivity index (χ1) is 8.08. The topological polar surface area (TPSA) is 49.3 Å². The largest absolute Gasteiger partial charge is 0.391 e. The quantitative estimate of drug-likeness (QED) is 0.864. The number of aliphatic hydroxyl groups is 1. The van der Waals surface area contributed by atoms with Gasteiger partial charge in [-0.1, -0.05) is 17.7 Å². The molecule has 0 heterocycles. The molecule has 0 radical (unpaired) electrons. The third-order valence-corrected chi connectivity index (χ3v) is 3.48. The van der Waals surface area contributed by atoms with Gasteiger partial charge in [0.25, 0.3) is 5.91 Å². The average Bonchev–Trinajstić information content (AvgIpc) is 3.13. The van der Waals surface area contributed by atoms with Gasteiger partial charge in [-0.3, -0.25) is 4.79 Å². The van der Waals surface area contributed by atoms with Crippen molar-refractivity contribution in [1.29, 1.82) is 0 Å². The molecule has 2 rings (SSSR count). The van der Waals surface area contributed by atoms with Gasteiger partial charge >= 0.3 is 0 Å². The summed E-state index contributed by atoms with van der Waals surface area (Å²) in [6.07, 6.45) is 1.71. The zero-order valence-electron chi connectivity index (χ0n) is 9.74. The molecule has 1 unspecified atom stereocenters. The van der Waals surface area contributed by atoms with Crippen LogP contribution >= 0.6 is 11.6 Å². The van der Waals surface area contributed by atoms with Crippen LogP contribution in [0.5, 0.6) is 0 Å². The highest BCUT2D eigenvalue weighted by Crippen LogP contribution is 2.32. The van der Waals surface area contributed by atoms with Crippen LogP contribution in [-0.4, -0.2) is 23.7 Å². The molecule has 1 aliphatic rings. The molecule has 1 saturated carbocycles. The van der Waals surface area contributed by atoms with E-state index in [1.165, 1.54) is 0 Å². The van der Waals surface area contributed by atoms with Crippen LogP contribution in [0.2, 0.25) is 5.02 Å². The smallest absolute Gasteiger partial charge is 0.251 e. The van der Waals surface area contributed by atoms with E-state index in [-0.39, 0.29) is 5.91 Å². The van der Waals surface area contributed by atoms with Gasteiger partial charge in [0.1, 0.15) is 0 Å². The molecular formula is C13H16ClNO2. The number of carbonyl (C=O) groups is 1. The molecule has 1 atom stereocenters. The van der Waals surface area contributed by atoms with E-state index in [0.29, 0.717) is 23.0 Å². The van der Waals surface area contributed by atoms with E-state index in [1.807, 2.05) is 13.0 Å². The molecule has 1 aliphatic carbocycles. The average molecular weight is 254 g/mol. The van der Waals surface area contributed by atoms with Crippen LogP contribution in [0.4, 0.5) is 0 Å². The van der Waals surface area contributed by atoms with Crippen molar-refractivity contribution in [1.82, 2.24) is 5.32 Å². The Balaban J connectivity index is 1.92. The minimum absolute atomic E-state index is 0.188. The third kappa shape index (κ3) is 3.20. The van der Waals surface area contributed by atoms with Crippen molar-refractivity contribution in [3.8, 4) is 0 Å². The van der Waals surface area contributed by atoms with Crippen LogP contribution in [0.15, 0.2) is 18.2 Å². The Bertz CT molecular complexity index is 429. The van der Waals surface area contributed by atoms with Crippen LogP contribution in [0.25, 0.3) is 0 Å². The highest BCUT2D eigenvalue weighted by Gasteiger charge is 2.29. The van der Waals surface area contributed by atoms with Crippen molar-refractivity contribution in [2.75, 3.05) is 6.54 Å². The Labute approximate surface area is 106 Å². The van der Waals surface area contributed by atoms with Gasteiger partial charge in [-0.25, -0.2) is 0 Å². The van der Waals surface area contributed by atoms with Gasteiger partial charge in [0, 0.05) is 17.1 Å². The molecule has 1 fully saturated rings. The predicted octanol–water partition coefficient (Wildman–Crippen LogP) is 2.15. The fourth-order valence-electron chi connectivity index (χ4n) is 1.68. The Morgan fingerprint density at radius 1 is 1.59 bits per heavy atom. The van der Waals surface area contributed by atoms with Gasteiger partial charge in [-0.15, -0.1) is 0 Å². The van der Waals surface area contributed by atoms with E-state index in [0.717, 1.165) is 18.4 Å². The molecule has 0 saturated heterocycles. The SMILES string of the molecule is Cc1ccc(C(=O)NCC(O)C2CC2)cc1Cl. The molecule has 1 aromatic carbocycles. The summed E-state index contributed by atoms with van der Waals surface area (Å²) in [4.78, 5) is 11.8. The maximum Gasteiger partial charge on any atom is 0.251 e. The first-order valence-electron chi connectivity index (χ1n) is 5.80. The van der Waals surface area contributed by atoms with Crippen LogP contribution in [0.1, 0.15) is 28.8 Å². The number of aliphatic hydroxyl groups excluding tert-OH is 1. The summed E-state index contributed by atoms with van der Waals surface area (Å²) in [6, 6.07) is 5.20. The summed E-state index contributed by atoms with van der Waals surface area (Å²) in [5.41, 5.74) is 1.48. The number of nitrogens with one attached hydrogen (secondary N) is 1. The molecule has 1 aromatic rings. The lowest BCUT2D eigenvalue weighted by molar-refractivity contribution is 0.0901. The van der Waals surface area contributed by atoms with Crippen molar-refractivity contribution < 1.29 is 9.90 Å². The Morgan fingerprint density at radius 3 is 2.88 bits per heavy atom. The number of amides is 1. The number of aryl methyl sites for hydroxylation is 1. The predicted molar refractivity (Wildman–Crippen MR) is 67.3 cm³/mol. The van der Waals surface area contributed by atoms with E-state index in [2.05, 4.69) is 5.32 Å². The third-order valence-electron chi connectivity index (χ3n) is 3.07. The number of hydrogen-bond acceptors (Lipinski definition) is 2. The molecule has 3 nitrogen and oxygen atoms in total. The number of hydrogen-bond donors (Lipinski definition) is 2. The summed E-state index contributed by atoms with van der Waals surface area (Å²) in [5, 5.41) is 12.9. The van der Waals surface area contributed by atoms with Crippen molar-refractivity contribution in [2.24, 2.45) is 5.92 Å². The van der Waals surface area contributed by atoms with Crippen molar-refractivity contribution in [2.45, 2.75) is 25.9 Å². The van der Waals surface area contributed by atoms with Crippen LogP contribution in [-0.2, 0) is 0 Å². The number of halogens is 1. The van der Waals surface area contributed by atoms with E-state index in [1.54, 1.807) is 12.1 Å². The summed E-state index contributed by atoms with van der Waals surface area (Å²) < 4.78 is 0. The minimum atomic E-state index is -0.417. The molecule has 4 heteroatoms. The first-order valence-corrected chi connectivity index (χ1v) is 6.18. The standard InChI is InChI=1S/C13H16ClNO2/c1-8-2-3-10(6-11(8)14)13(17)15-7-12(16)9-4-5-9/h2-3,6,9,12,16H,4-5,7H2,1H3,(H,15,17). The molecule has 1 amide bonds. The van der Waals surface area contributed by atoms with Crippen LogP contribution in [0, 0.1) is 12.8 Å². The number of rotatable bonds is 4. The van der Waals surface area contributed by atoms with E-state index < -0.39 is 6.10 Å². The van der Waals surface area contributed by atoms with Crippen molar-refractivity contribution >= 4 is 17.5 Å². The second kappa shape index (κ2) is 5.07. The maximum atomic E-state index is 11.8. The second-order valence-corrected chi connectivity index (χ2v) is 4.99. The van der Waals surface area contributed by atoms with E-state index in [9.17, 15) is 9.90 Å². The minimum Gasteiger partial charge on any atom is -0.391 e. The summed E-state index contributed by atoms with van der Waals surface area (Å²) in [5.74, 6) is 0.184. The zero-order chi connectivity index (χ0) is 12.4. The first kappa shape index (κ1) is 12.4. The van der Waals surface area contributed by atoms with Gasteiger partial charge in [-0.2, -0.15) is 0 Å². The molecule has 0 spiro atoms. The molecule has 0 aromatic heterocycles. The highest BCUT2D eigenvalue weighted by molar-refractivity contribution is 6.31. The van der Waals surface area contributed by atoms with E-state index >= 15 is 0 Å². The lowest BCUT2D eigenvalue weighted by atomic mass is 10.1. The molecule has 0 aliphatic heterocycles. The summed E-state index contributed by atoms with van der Waals surface area (Å²) in [7, 11) is 0. The summed E-state index contributed by atoms with van der Waals surface area (Å²) >= 11 is 5.95. The van der Waals surface area contributed by atoms with Gasteiger partial charge in [-0.05, 0) is 43.4 Å². The van der Waals surface area contributed by atoms with Crippen LogP contribution in [0.3, 0.4) is 0 Å². The molecular weight excluding hydrogens is 238 g/mol. The zero-order valence-corrected chi connectivity index (χ0v) is 10.5. The van der Waals surface area contributed by atoms with Gasteiger partial charge in [0.2, 0.25) is 0 Å².